The van der Waals surface area contributed by atoms with Crippen LogP contribution in [0, 0.1) is 5.92 Å². The van der Waals surface area contributed by atoms with Gasteiger partial charge in [-0.05, 0) is 50.7 Å². The minimum Gasteiger partial charge on any atom is -0.414 e. The Morgan fingerprint density at radius 3 is 2.69 bits per heavy atom. The molecule has 0 fully saturated rings. The molecule has 0 aromatic heterocycles. The van der Waals surface area contributed by atoms with Crippen LogP contribution < -0.4 is 0 Å². The van der Waals surface area contributed by atoms with Crippen molar-refractivity contribution in [3.63, 3.8) is 0 Å². The lowest BCUT2D eigenvalue weighted by Crippen LogP contribution is -2.36. The highest BCUT2D eigenvalue weighted by Crippen LogP contribution is 2.24. The van der Waals surface area contributed by atoms with Gasteiger partial charge in [-0.3, -0.25) is 0 Å². The van der Waals surface area contributed by atoms with Gasteiger partial charge in [-0.15, -0.1) is 0 Å². The van der Waals surface area contributed by atoms with Gasteiger partial charge in [0, 0.05) is 6.10 Å². The molecule has 1 aliphatic rings. The van der Waals surface area contributed by atoms with Gasteiger partial charge in [-0.1, -0.05) is 32.4 Å². The fraction of sp³-hybridized carbons (Fsp3) is 0.857. The summed E-state index contributed by atoms with van der Waals surface area (Å²) in [6, 6.07) is 1.28. The summed E-state index contributed by atoms with van der Waals surface area (Å²) in [5.41, 5.74) is 0. The van der Waals surface area contributed by atoms with E-state index in [2.05, 4.69) is 39.1 Å². The third-order valence-electron chi connectivity index (χ3n) is 3.10. The second-order valence-corrected chi connectivity index (χ2v) is 10.3. The zero-order valence-corrected chi connectivity index (χ0v) is 12.5. The molecule has 16 heavy (non-hydrogen) atoms. The van der Waals surface area contributed by atoms with Crippen LogP contribution in [-0.2, 0) is 4.43 Å². The highest BCUT2D eigenvalue weighted by atomic mass is 28.4. The maximum Gasteiger partial charge on any atom is 0.187 e. The molecule has 1 rings (SSSR count). The quantitative estimate of drug-likeness (QED) is 0.509. The van der Waals surface area contributed by atoms with Gasteiger partial charge in [0.1, 0.15) is 0 Å². The van der Waals surface area contributed by atoms with Gasteiger partial charge in [-0.2, -0.15) is 0 Å². The Bertz CT molecular complexity index is 221. The molecular weight excluding hydrogens is 212 g/mol. The lowest BCUT2D eigenvalue weighted by Gasteiger charge is -2.31. The second kappa shape index (κ2) is 6.60. The molecule has 0 spiro atoms. The first-order chi connectivity index (χ1) is 7.49. The minimum absolute atomic E-state index is 0.497. The molecule has 0 saturated carbocycles. The van der Waals surface area contributed by atoms with E-state index in [1.54, 1.807) is 0 Å². The third-order valence-corrected chi connectivity index (χ3v) is 5.87. The van der Waals surface area contributed by atoms with Crippen molar-refractivity contribution in [3.8, 4) is 0 Å². The number of hydrogen-bond acceptors (Lipinski definition) is 1. The molecule has 0 saturated heterocycles. The van der Waals surface area contributed by atoms with Crippen molar-refractivity contribution in [2.45, 2.75) is 71.2 Å². The highest BCUT2D eigenvalue weighted by Gasteiger charge is 2.27. The number of rotatable bonds is 4. The summed E-state index contributed by atoms with van der Waals surface area (Å²) in [7, 11) is -1.43. The van der Waals surface area contributed by atoms with Crippen LogP contribution in [0.2, 0.25) is 19.1 Å². The van der Waals surface area contributed by atoms with Gasteiger partial charge in [-0.25, -0.2) is 0 Å². The fourth-order valence-corrected chi connectivity index (χ4v) is 5.89. The van der Waals surface area contributed by atoms with Crippen molar-refractivity contribution in [2.75, 3.05) is 0 Å². The smallest absolute Gasteiger partial charge is 0.187 e. The molecule has 1 atom stereocenters. The third kappa shape index (κ3) is 5.85. The topological polar surface area (TPSA) is 9.23 Å². The maximum absolute atomic E-state index is 6.41. The Labute approximate surface area is 102 Å². The van der Waals surface area contributed by atoms with E-state index >= 15 is 0 Å². The summed E-state index contributed by atoms with van der Waals surface area (Å²) in [4.78, 5) is 0. The second-order valence-electron chi connectivity index (χ2n) is 6.09. The standard InChI is InChI=1S/C14H28OSi/c1-13(2)12-16(3,4)15-14-10-8-6-5-7-9-11-14/h6,8,13-14H,5,7,9-12H2,1-4H3. The molecule has 0 heterocycles. The molecule has 0 radical (unpaired) electrons. The van der Waals surface area contributed by atoms with Crippen molar-refractivity contribution in [3.05, 3.63) is 12.2 Å². The minimum atomic E-state index is -1.43. The van der Waals surface area contributed by atoms with Crippen LogP contribution in [0.3, 0.4) is 0 Å². The Morgan fingerprint density at radius 2 is 2.00 bits per heavy atom. The molecule has 0 aromatic carbocycles. The van der Waals surface area contributed by atoms with E-state index < -0.39 is 8.32 Å². The molecule has 2 heteroatoms. The average Bonchev–Trinajstić information content (AvgIpc) is 2.06. The summed E-state index contributed by atoms with van der Waals surface area (Å²) < 4.78 is 6.41. The largest absolute Gasteiger partial charge is 0.414 e. The summed E-state index contributed by atoms with van der Waals surface area (Å²) in [6.45, 7) is 9.34. The molecule has 0 bridgehead atoms. The van der Waals surface area contributed by atoms with Crippen molar-refractivity contribution >= 4 is 8.32 Å². The van der Waals surface area contributed by atoms with E-state index in [1.807, 2.05) is 0 Å². The Morgan fingerprint density at radius 1 is 1.25 bits per heavy atom. The maximum atomic E-state index is 6.41. The van der Waals surface area contributed by atoms with Crippen LogP contribution in [-0.4, -0.2) is 14.4 Å². The summed E-state index contributed by atoms with van der Waals surface area (Å²) >= 11 is 0. The zero-order chi connectivity index (χ0) is 12.0. The van der Waals surface area contributed by atoms with Gasteiger partial charge < -0.3 is 4.43 Å². The molecule has 1 nitrogen and oxygen atoms in total. The number of hydrogen-bond donors (Lipinski definition) is 0. The van der Waals surface area contributed by atoms with Gasteiger partial charge >= 0.3 is 0 Å². The molecule has 1 unspecified atom stereocenters. The van der Waals surface area contributed by atoms with Crippen molar-refractivity contribution in [2.24, 2.45) is 5.92 Å². The van der Waals surface area contributed by atoms with Crippen LogP contribution >= 0.6 is 0 Å². The van der Waals surface area contributed by atoms with Gasteiger partial charge in [0.2, 0.25) is 0 Å². The average molecular weight is 240 g/mol. The predicted molar refractivity (Wildman–Crippen MR) is 74.2 cm³/mol. The zero-order valence-electron chi connectivity index (χ0n) is 11.5. The first-order valence-electron chi connectivity index (χ1n) is 6.82. The van der Waals surface area contributed by atoms with Crippen LogP contribution in [0.4, 0.5) is 0 Å². The normalized spacial score (nSPS) is 23.2. The summed E-state index contributed by atoms with van der Waals surface area (Å²) in [5, 5.41) is 0. The first kappa shape index (κ1) is 14.0. The molecular formula is C14H28OSi. The molecule has 0 amide bonds. The monoisotopic (exact) mass is 240 g/mol. The first-order valence-corrected chi connectivity index (χ1v) is 9.94. The van der Waals surface area contributed by atoms with Crippen LogP contribution in [0.5, 0.6) is 0 Å². The van der Waals surface area contributed by atoms with E-state index in [0.717, 1.165) is 12.3 Å². The van der Waals surface area contributed by atoms with E-state index in [0.29, 0.717) is 6.10 Å². The molecule has 94 valence electrons. The lowest BCUT2D eigenvalue weighted by molar-refractivity contribution is 0.177. The van der Waals surface area contributed by atoms with Crippen LogP contribution in [0.15, 0.2) is 12.2 Å². The van der Waals surface area contributed by atoms with Gasteiger partial charge in [0.05, 0.1) is 0 Å². The van der Waals surface area contributed by atoms with Crippen LogP contribution in [0.25, 0.3) is 0 Å². The summed E-state index contributed by atoms with van der Waals surface area (Å²) in [5.74, 6) is 0.769. The van der Waals surface area contributed by atoms with Crippen molar-refractivity contribution in [1.82, 2.24) is 0 Å². The van der Waals surface area contributed by atoms with E-state index in [9.17, 15) is 0 Å². The Hall–Kier alpha value is -0.0831. The lowest BCUT2D eigenvalue weighted by atomic mass is 10.0. The fourth-order valence-electron chi connectivity index (χ4n) is 2.71. The van der Waals surface area contributed by atoms with E-state index in [1.165, 1.54) is 31.7 Å². The van der Waals surface area contributed by atoms with E-state index in [4.69, 9.17) is 4.43 Å². The van der Waals surface area contributed by atoms with Crippen molar-refractivity contribution < 1.29 is 4.43 Å². The SMILES string of the molecule is CC(C)C[Si](C)(C)OC1CC=CCCCC1. The highest BCUT2D eigenvalue weighted by molar-refractivity contribution is 6.71. The van der Waals surface area contributed by atoms with Gasteiger partial charge in [0.25, 0.3) is 0 Å². The molecule has 0 aliphatic heterocycles. The summed E-state index contributed by atoms with van der Waals surface area (Å²) in [6.07, 6.45) is 11.5. The molecule has 0 aromatic rings. The number of allylic oxidation sites excluding steroid dienone is 1. The Balaban J connectivity index is 2.43. The van der Waals surface area contributed by atoms with Crippen molar-refractivity contribution in [1.29, 1.82) is 0 Å². The van der Waals surface area contributed by atoms with Crippen LogP contribution in [0.1, 0.15) is 46.0 Å². The van der Waals surface area contributed by atoms with Gasteiger partial charge in [0.15, 0.2) is 8.32 Å². The molecule has 1 aliphatic carbocycles. The molecule has 0 N–H and O–H groups in total. The van der Waals surface area contributed by atoms with E-state index in [-0.39, 0.29) is 0 Å². The predicted octanol–water partition coefficient (Wildman–Crippen LogP) is 4.75. The Kier molecular flexibility index (Phi) is 5.77.